The predicted molar refractivity (Wildman–Crippen MR) is 78.5 cm³/mol. The van der Waals surface area contributed by atoms with Crippen LogP contribution in [0.15, 0.2) is 39.7 Å². The quantitative estimate of drug-likeness (QED) is 0.629. The number of amides is 1. The third kappa shape index (κ3) is 3.36. The SMILES string of the molecule is O=C(Nc1ncc(Br)nc1Br)c1cccc([N+](=O)[O-])c1. The van der Waals surface area contributed by atoms with E-state index in [1.165, 1.54) is 30.5 Å². The minimum absolute atomic E-state index is 0.154. The van der Waals surface area contributed by atoms with Crippen LogP contribution in [-0.2, 0) is 0 Å². The largest absolute Gasteiger partial charge is 0.304 e. The average molecular weight is 402 g/mol. The lowest BCUT2D eigenvalue weighted by atomic mass is 10.2. The lowest BCUT2D eigenvalue weighted by Crippen LogP contribution is -2.14. The predicted octanol–water partition coefficient (Wildman–Crippen LogP) is 3.16. The van der Waals surface area contributed by atoms with Gasteiger partial charge in [0.2, 0.25) is 0 Å². The zero-order valence-corrected chi connectivity index (χ0v) is 12.9. The van der Waals surface area contributed by atoms with Crippen molar-refractivity contribution in [1.82, 2.24) is 9.97 Å². The van der Waals surface area contributed by atoms with Crippen molar-refractivity contribution in [3.05, 3.63) is 55.3 Å². The Kier molecular flexibility index (Phi) is 4.40. The van der Waals surface area contributed by atoms with Gasteiger partial charge in [-0.2, -0.15) is 0 Å². The van der Waals surface area contributed by atoms with Crippen LogP contribution in [0.5, 0.6) is 0 Å². The number of carbonyl (C=O) groups excluding carboxylic acids is 1. The summed E-state index contributed by atoms with van der Waals surface area (Å²) in [7, 11) is 0. The minimum Gasteiger partial charge on any atom is -0.304 e. The molecular weight excluding hydrogens is 396 g/mol. The Balaban J connectivity index is 2.24. The molecule has 2 rings (SSSR count). The maximum atomic E-state index is 12.0. The molecule has 102 valence electrons. The summed E-state index contributed by atoms with van der Waals surface area (Å²) in [6.07, 6.45) is 1.42. The third-order valence-corrected chi connectivity index (χ3v) is 3.19. The number of aromatic nitrogens is 2. The first-order valence-corrected chi connectivity index (χ1v) is 6.80. The van der Waals surface area contributed by atoms with E-state index in [4.69, 9.17) is 0 Å². The molecule has 0 spiro atoms. The summed E-state index contributed by atoms with van der Waals surface area (Å²) in [5.41, 5.74) is 0.00873. The number of nitrogens with zero attached hydrogens (tertiary/aromatic N) is 3. The van der Waals surface area contributed by atoms with Crippen LogP contribution in [0.4, 0.5) is 11.5 Å². The second-order valence-electron chi connectivity index (χ2n) is 3.59. The van der Waals surface area contributed by atoms with Crippen LogP contribution in [-0.4, -0.2) is 20.8 Å². The van der Waals surface area contributed by atoms with Crippen molar-refractivity contribution < 1.29 is 9.72 Å². The van der Waals surface area contributed by atoms with Crippen LogP contribution in [0, 0.1) is 10.1 Å². The van der Waals surface area contributed by atoms with Gasteiger partial charge in [0.05, 0.1) is 11.1 Å². The van der Waals surface area contributed by atoms with E-state index in [0.29, 0.717) is 9.21 Å². The normalized spacial score (nSPS) is 10.1. The van der Waals surface area contributed by atoms with Gasteiger partial charge in [0.25, 0.3) is 11.6 Å². The molecule has 0 aliphatic heterocycles. The van der Waals surface area contributed by atoms with Crippen molar-refractivity contribution in [2.75, 3.05) is 5.32 Å². The number of hydrogen-bond donors (Lipinski definition) is 1. The highest BCUT2D eigenvalue weighted by Gasteiger charge is 2.14. The van der Waals surface area contributed by atoms with E-state index in [1.54, 1.807) is 0 Å². The Bertz CT molecular complexity index is 693. The summed E-state index contributed by atoms with van der Waals surface area (Å²) in [5, 5.41) is 13.2. The molecule has 0 aliphatic rings. The molecule has 0 atom stereocenters. The number of nitrogens with one attached hydrogen (secondary N) is 1. The fourth-order valence-corrected chi connectivity index (χ4v) is 2.28. The number of non-ortho nitro benzene ring substituents is 1. The van der Waals surface area contributed by atoms with Crippen molar-refractivity contribution in [1.29, 1.82) is 0 Å². The number of nitro benzene ring substituents is 1. The van der Waals surface area contributed by atoms with E-state index >= 15 is 0 Å². The van der Waals surface area contributed by atoms with E-state index in [1.807, 2.05) is 0 Å². The van der Waals surface area contributed by atoms with Gasteiger partial charge in [0, 0.05) is 17.7 Å². The number of anilines is 1. The molecule has 1 N–H and O–H groups in total. The van der Waals surface area contributed by atoms with Gasteiger partial charge >= 0.3 is 0 Å². The van der Waals surface area contributed by atoms with Crippen LogP contribution >= 0.6 is 31.9 Å². The van der Waals surface area contributed by atoms with Crippen molar-refractivity contribution in [2.24, 2.45) is 0 Å². The van der Waals surface area contributed by atoms with Gasteiger partial charge in [-0.3, -0.25) is 14.9 Å². The average Bonchev–Trinajstić information content (AvgIpc) is 2.42. The molecular formula is C11H6Br2N4O3. The third-order valence-electron chi connectivity index (χ3n) is 2.25. The molecule has 0 bridgehead atoms. The standard InChI is InChI=1S/C11H6Br2N4O3/c12-8-5-14-10(9(13)15-8)16-11(18)6-2-1-3-7(4-6)17(19)20/h1-5H,(H,14,16,18). The van der Waals surface area contributed by atoms with Crippen molar-refractivity contribution >= 4 is 49.3 Å². The van der Waals surface area contributed by atoms with Gasteiger partial charge in [-0.1, -0.05) is 6.07 Å². The Labute approximate surface area is 129 Å². The molecule has 1 aromatic carbocycles. The summed E-state index contributed by atoms with van der Waals surface area (Å²) in [4.78, 5) is 30.1. The van der Waals surface area contributed by atoms with E-state index in [9.17, 15) is 14.9 Å². The molecule has 0 aliphatic carbocycles. The highest BCUT2D eigenvalue weighted by molar-refractivity contribution is 9.11. The maximum Gasteiger partial charge on any atom is 0.270 e. The molecule has 1 amide bonds. The Morgan fingerprint density at radius 3 is 2.75 bits per heavy atom. The van der Waals surface area contributed by atoms with Crippen LogP contribution < -0.4 is 5.32 Å². The minimum atomic E-state index is -0.563. The fourth-order valence-electron chi connectivity index (χ4n) is 1.37. The molecule has 1 aromatic heterocycles. The highest BCUT2D eigenvalue weighted by Crippen LogP contribution is 2.20. The first-order chi connectivity index (χ1) is 9.47. The van der Waals surface area contributed by atoms with Gasteiger partial charge in [0.1, 0.15) is 9.21 Å². The lowest BCUT2D eigenvalue weighted by molar-refractivity contribution is -0.384. The van der Waals surface area contributed by atoms with Crippen molar-refractivity contribution in [2.45, 2.75) is 0 Å². The van der Waals surface area contributed by atoms with Crippen molar-refractivity contribution in [3.63, 3.8) is 0 Å². The summed E-state index contributed by atoms with van der Waals surface area (Å²) in [5.74, 6) is -0.282. The number of hydrogen-bond acceptors (Lipinski definition) is 5. The smallest absolute Gasteiger partial charge is 0.270 e. The molecule has 20 heavy (non-hydrogen) atoms. The molecule has 7 nitrogen and oxygen atoms in total. The molecule has 0 radical (unpaired) electrons. The number of halogens is 2. The van der Waals surface area contributed by atoms with Gasteiger partial charge < -0.3 is 5.32 Å². The summed E-state index contributed by atoms with van der Waals surface area (Å²) >= 11 is 6.30. The monoisotopic (exact) mass is 400 g/mol. The summed E-state index contributed by atoms with van der Waals surface area (Å²) < 4.78 is 0.864. The number of rotatable bonds is 3. The topological polar surface area (TPSA) is 98.0 Å². The first kappa shape index (κ1) is 14.5. The maximum absolute atomic E-state index is 12.0. The van der Waals surface area contributed by atoms with E-state index in [2.05, 4.69) is 47.1 Å². The molecule has 0 fully saturated rings. The molecule has 0 saturated heterocycles. The molecule has 9 heteroatoms. The molecule has 2 aromatic rings. The van der Waals surface area contributed by atoms with Crippen LogP contribution in [0.1, 0.15) is 10.4 Å². The van der Waals surface area contributed by atoms with Gasteiger partial charge in [-0.15, -0.1) is 0 Å². The van der Waals surface area contributed by atoms with Crippen LogP contribution in [0.25, 0.3) is 0 Å². The van der Waals surface area contributed by atoms with Crippen LogP contribution in [0.3, 0.4) is 0 Å². The summed E-state index contributed by atoms with van der Waals surface area (Å²) in [6.45, 7) is 0. The molecule has 0 unspecified atom stereocenters. The second kappa shape index (κ2) is 6.06. The fraction of sp³-hybridized carbons (Fsp3) is 0. The first-order valence-electron chi connectivity index (χ1n) is 5.21. The van der Waals surface area contributed by atoms with Crippen LogP contribution in [0.2, 0.25) is 0 Å². The Morgan fingerprint density at radius 1 is 1.35 bits per heavy atom. The van der Waals surface area contributed by atoms with Gasteiger partial charge in [-0.05, 0) is 37.9 Å². The molecule has 1 heterocycles. The highest BCUT2D eigenvalue weighted by atomic mass is 79.9. The summed E-state index contributed by atoms with van der Waals surface area (Å²) in [6, 6.07) is 5.42. The lowest BCUT2D eigenvalue weighted by Gasteiger charge is -2.05. The number of benzene rings is 1. The van der Waals surface area contributed by atoms with E-state index in [-0.39, 0.29) is 17.1 Å². The molecule has 0 saturated carbocycles. The zero-order chi connectivity index (χ0) is 14.7. The Morgan fingerprint density at radius 2 is 2.10 bits per heavy atom. The van der Waals surface area contributed by atoms with E-state index < -0.39 is 10.8 Å². The van der Waals surface area contributed by atoms with Gasteiger partial charge in [0.15, 0.2) is 5.82 Å². The number of carbonyl (C=O) groups is 1. The number of nitro groups is 1. The van der Waals surface area contributed by atoms with Crippen molar-refractivity contribution in [3.8, 4) is 0 Å². The Hall–Kier alpha value is -1.87. The van der Waals surface area contributed by atoms with Gasteiger partial charge in [-0.25, -0.2) is 9.97 Å². The second-order valence-corrected chi connectivity index (χ2v) is 5.16. The zero-order valence-electron chi connectivity index (χ0n) is 9.71. The van der Waals surface area contributed by atoms with E-state index in [0.717, 1.165) is 0 Å².